The van der Waals surface area contributed by atoms with Crippen LogP contribution in [0.25, 0.3) is 0 Å². The Labute approximate surface area is 112 Å². The second kappa shape index (κ2) is 5.16. The highest BCUT2D eigenvalue weighted by Gasteiger charge is 2.17. The van der Waals surface area contributed by atoms with Gasteiger partial charge in [0.05, 0.1) is 22.7 Å². The zero-order valence-electron chi connectivity index (χ0n) is 10.9. The summed E-state index contributed by atoms with van der Waals surface area (Å²) in [5.41, 5.74) is 9.01. The molecule has 0 radical (unpaired) electrons. The summed E-state index contributed by atoms with van der Waals surface area (Å²) in [7, 11) is 0. The lowest BCUT2D eigenvalue weighted by molar-refractivity contribution is 0.526. The molecule has 2 rings (SSSR count). The van der Waals surface area contributed by atoms with Crippen molar-refractivity contribution in [3.63, 3.8) is 0 Å². The molecular formula is C13H18ClN3O. The van der Waals surface area contributed by atoms with Crippen molar-refractivity contribution in [2.45, 2.75) is 39.8 Å². The first-order chi connectivity index (χ1) is 8.52. The topological polar surface area (TPSA) is 57.0 Å². The van der Waals surface area contributed by atoms with Crippen LogP contribution in [-0.4, -0.2) is 9.78 Å². The average Bonchev–Trinajstić information content (AvgIpc) is 2.88. The summed E-state index contributed by atoms with van der Waals surface area (Å²) in [6.45, 7) is 6.65. The largest absolute Gasteiger partial charge is 0.469 e. The first-order valence-corrected chi connectivity index (χ1v) is 6.43. The van der Waals surface area contributed by atoms with Gasteiger partial charge in [-0.3, -0.25) is 4.68 Å². The SMILES string of the molecule is CCn1nc(C)c(Cl)c1CC(N)c1coc(C)c1. The fraction of sp³-hybridized carbons (Fsp3) is 0.462. The van der Waals surface area contributed by atoms with E-state index < -0.39 is 0 Å². The van der Waals surface area contributed by atoms with Crippen molar-refractivity contribution in [3.8, 4) is 0 Å². The number of nitrogens with two attached hydrogens (primary N) is 1. The van der Waals surface area contributed by atoms with Gasteiger partial charge in [0.2, 0.25) is 0 Å². The van der Waals surface area contributed by atoms with Gasteiger partial charge in [0.25, 0.3) is 0 Å². The van der Waals surface area contributed by atoms with E-state index >= 15 is 0 Å². The first-order valence-electron chi connectivity index (χ1n) is 6.05. The van der Waals surface area contributed by atoms with E-state index in [-0.39, 0.29) is 6.04 Å². The predicted molar refractivity (Wildman–Crippen MR) is 71.7 cm³/mol. The highest BCUT2D eigenvalue weighted by molar-refractivity contribution is 6.31. The minimum absolute atomic E-state index is 0.124. The van der Waals surface area contributed by atoms with Crippen molar-refractivity contribution in [1.82, 2.24) is 9.78 Å². The number of hydrogen-bond donors (Lipinski definition) is 1. The minimum Gasteiger partial charge on any atom is -0.469 e. The Morgan fingerprint density at radius 2 is 2.22 bits per heavy atom. The van der Waals surface area contributed by atoms with Crippen LogP contribution < -0.4 is 5.73 Å². The Balaban J connectivity index is 2.23. The molecule has 0 saturated heterocycles. The lowest BCUT2D eigenvalue weighted by atomic mass is 10.1. The molecule has 0 amide bonds. The Kier molecular flexibility index (Phi) is 3.78. The predicted octanol–water partition coefficient (Wildman–Crippen LogP) is 3.01. The summed E-state index contributed by atoms with van der Waals surface area (Å²) in [5, 5.41) is 5.10. The molecular weight excluding hydrogens is 250 g/mol. The molecule has 1 atom stereocenters. The van der Waals surface area contributed by atoms with E-state index in [0.29, 0.717) is 11.4 Å². The van der Waals surface area contributed by atoms with Crippen LogP contribution in [0.1, 0.15) is 35.7 Å². The molecule has 0 saturated carbocycles. The van der Waals surface area contributed by atoms with Crippen LogP contribution in [-0.2, 0) is 13.0 Å². The van der Waals surface area contributed by atoms with E-state index in [1.165, 1.54) is 0 Å². The van der Waals surface area contributed by atoms with Gasteiger partial charge in [0.15, 0.2) is 0 Å². The molecule has 2 aromatic heterocycles. The quantitative estimate of drug-likeness (QED) is 0.926. The summed E-state index contributed by atoms with van der Waals surface area (Å²) in [4.78, 5) is 0. The van der Waals surface area contributed by atoms with Gasteiger partial charge in [-0.05, 0) is 26.8 Å². The highest BCUT2D eigenvalue weighted by atomic mass is 35.5. The van der Waals surface area contributed by atoms with E-state index in [9.17, 15) is 0 Å². The number of nitrogens with zero attached hydrogens (tertiary/aromatic N) is 2. The maximum Gasteiger partial charge on any atom is 0.101 e. The standard InChI is InChI=1S/C13H18ClN3O/c1-4-17-12(13(14)9(3)16-17)6-11(15)10-5-8(2)18-7-10/h5,7,11H,4,6,15H2,1-3H3. The van der Waals surface area contributed by atoms with Crippen LogP contribution in [0.4, 0.5) is 0 Å². The second-order valence-corrected chi connectivity index (χ2v) is 4.84. The fourth-order valence-electron chi connectivity index (χ4n) is 2.05. The van der Waals surface area contributed by atoms with Crippen molar-refractivity contribution < 1.29 is 4.42 Å². The van der Waals surface area contributed by atoms with Gasteiger partial charge < -0.3 is 10.2 Å². The minimum atomic E-state index is -0.124. The Morgan fingerprint density at radius 1 is 1.50 bits per heavy atom. The second-order valence-electron chi connectivity index (χ2n) is 4.46. The molecule has 2 aromatic rings. The van der Waals surface area contributed by atoms with Gasteiger partial charge in [-0.15, -0.1) is 0 Å². The average molecular weight is 268 g/mol. The van der Waals surface area contributed by atoms with Gasteiger partial charge in [0.1, 0.15) is 5.76 Å². The van der Waals surface area contributed by atoms with E-state index in [1.807, 2.05) is 31.5 Å². The van der Waals surface area contributed by atoms with Gasteiger partial charge in [-0.2, -0.15) is 5.10 Å². The maximum atomic E-state index is 6.27. The molecule has 0 aliphatic carbocycles. The monoisotopic (exact) mass is 267 g/mol. The molecule has 2 N–H and O–H groups in total. The van der Waals surface area contributed by atoms with Crippen molar-refractivity contribution in [2.75, 3.05) is 0 Å². The molecule has 98 valence electrons. The van der Waals surface area contributed by atoms with E-state index in [2.05, 4.69) is 5.10 Å². The van der Waals surface area contributed by atoms with Gasteiger partial charge in [0, 0.05) is 24.6 Å². The smallest absolute Gasteiger partial charge is 0.101 e. The Bertz CT molecular complexity index is 544. The van der Waals surface area contributed by atoms with Gasteiger partial charge in [-0.25, -0.2) is 0 Å². The third-order valence-corrected chi connectivity index (χ3v) is 3.54. The van der Waals surface area contributed by atoms with Crippen molar-refractivity contribution in [3.05, 3.63) is 40.1 Å². The summed E-state index contributed by atoms with van der Waals surface area (Å²) < 4.78 is 7.19. The zero-order valence-corrected chi connectivity index (χ0v) is 11.7. The number of halogens is 1. The molecule has 0 spiro atoms. The maximum absolute atomic E-state index is 6.27. The number of hydrogen-bond acceptors (Lipinski definition) is 3. The summed E-state index contributed by atoms with van der Waals surface area (Å²) in [5.74, 6) is 0.867. The zero-order chi connectivity index (χ0) is 13.3. The summed E-state index contributed by atoms with van der Waals surface area (Å²) >= 11 is 6.27. The number of aryl methyl sites for hydroxylation is 3. The fourth-order valence-corrected chi connectivity index (χ4v) is 2.26. The lowest BCUT2D eigenvalue weighted by Gasteiger charge is -2.11. The normalized spacial score (nSPS) is 12.9. The van der Waals surface area contributed by atoms with Crippen LogP contribution in [0.3, 0.4) is 0 Å². The lowest BCUT2D eigenvalue weighted by Crippen LogP contribution is -2.15. The van der Waals surface area contributed by atoms with Crippen molar-refractivity contribution >= 4 is 11.6 Å². The van der Waals surface area contributed by atoms with E-state index in [4.69, 9.17) is 21.8 Å². The van der Waals surface area contributed by atoms with Crippen LogP contribution in [0.5, 0.6) is 0 Å². The van der Waals surface area contributed by atoms with Crippen LogP contribution in [0, 0.1) is 13.8 Å². The number of aromatic nitrogens is 2. The molecule has 5 heteroatoms. The first kappa shape index (κ1) is 13.2. The molecule has 0 aliphatic heterocycles. The van der Waals surface area contributed by atoms with Crippen molar-refractivity contribution in [2.24, 2.45) is 5.73 Å². The summed E-state index contributed by atoms with van der Waals surface area (Å²) in [6.07, 6.45) is 2.36. The van der Waals surface area contributed by atoms with Crippen LogP contribution >= 0.6 is 11.6 Å². The molecule has 1 unspecified atom stereocenters. The Morgan fingerprint density at radius 3 is 2.78 bits per heavy atom. The van der Waals surface area contributed by atoms with Gasteiger partial charge >= 0.3 is 0 Å². The molecule has 0 bridgehead atoms. The van der Waals surface area contributed by atoms with Gasteiger partial charge in [-0.1, -0.05) is 11.6 Å². The van der Waals surface area contributed by atoms with E-state index in [1.54, 1.807) is 6.26 Å². The molecule has 2 heterocycles. The Hall–Kier alpha value is -1.26. The van der Waals surface area contributed by atoms with E-state index in [0.717, 1.165) is 29.3 Å². The number of rotatable bonds is 4. The molecule has 0 aliphatic rings. The number of furan rings is 1. The van der Waals surface area contributed by atoms with Crippen molar-refractivity contribution in [1.29, 1.82) is 0 Å². The highest BCUT2D eigenvalue weighted by Crippen LogP contribution is 2.25. The van der Waals surface area contributed by atoms with Crippen LogP contribution in [0.15, 0.2) is 16.7 Å². The molecule has 4 nitrogen and oxygen atoms in total. The molecule has 0 aromatic carbocycles. The summed E-state index contributed by atoms with van der Waals surface area (Å²) in [6, 6.07) is 1.83. The molecule has 18 heavy (non-hydrogen) atoms. The van der Waals surface area contributed by atoms with Crippen LogP contribution in [0.2, 0.25) is 5.02 Å². The third kappa shape index (κ3) is 2.44. The molecule has 0 fully saturated rings. The third-order valence-electron chi connectivity index (χ3n) is 3.05.